The van der Waals surface area contributed by atoms with Crippen LogP contribution in [0.5, 0.6) is 0 Å². The molecular formula is C16H16N2S. The molecule has 1 unspecified atom stereocenters. The van der Waals surface area contributed by atoms with E-state index in [0.717, 1.165) is 0 Å². The third-order valence-corrected chi connectivity index (χ3v) is 4.72. The van der Waals surface area contributed by atoms with Gasteiger partial charge in [-0.2, -0.15) is 0 Å². The molecule has 1 aromatic carbocycles. The van der Waals surface area contributed by atoms with Gasteiger partial charge in [-0.3, -0.25) is 4.99 Å². The van der Waals surface area contributed by atoms with Crippen molar-refractivity contribution in [3.8, 4) is 10.4 Å². The maximum atomic E-state index is 4.54. The van der Waals surface area contributed by atoms with E-state index < -0.39 is 0 Å². The number of benzene rings is 1. The summed E-state index contributed by atoms with van der Waals surface area (Å²) in [6.07, 6.45) is 5.84. The van der Waals surface area contributed by atoms with Crippen molar-refractivity contribution in [1.82, 2.24) is 5.32 Å². The van der Waals surface area contributed by atoms with Crippen LogP contribution in [0, 0.1) is 13.8 Å². The van der Waals surface area contributed by atoms with E-state index in [-0.39, 0.29) is 6.04 Å². The van der Waals surface area contributed by atoms with Crippen LogP contribution in [0.2, 0.25) is 0 Å². The fourth-order valence-electron chi connectivity index (χ4n) is 2.34. The molecule has 1 N–H and O–H groups in total. The van der Waals surface area contributed by atoms with Crippen LogP contribution in [0.15, 0.2) is 47.6 Å². The Bertz CT molecular complexity index is 626. The van der Waals surface area contributed by atoms with Crippen LogP contribution in [-0.4, -0.2) is 6.34 Å². The van der Waals surface area contributed by atoms with Crippen LogP contribution < -0.4 is 5.32 Å². The monoisotopic (exact) mass is 268 g/mol. The minimum Gasteiger partial charge on any atom is -0.353 e. The number of nitrogens with zero attached hydrogens (tertiary/aromatic N) is 1. The molecule has 0 saturated heterocycles. The second-order valence-electron chi connectivity index (χ2n) is 4.64. The Labute approximate surface area is 117 Å². The van der Waals surface area contributed by atoms with Gasteiger partial charge in [-0.25, -0.2) is 0 Å². The predicted molar refractivity (Wildman–Crippen MR) is 82.7 cm³/mol. The second-order valence-corrected chi connectivity index (χ2v) is 5.87. The van der Waals surface area contributed by atoms with Crippen molar-refractivity contribution in [3.63, 3.8) is 0 Å². The highest BCUT2D eigenvalue weighted by atomic mass is 32.1. The van der Waals surface area contributed by atoms with Crippen LogP contribution in [0.4, 0.5) is 0 Å². The number of thiophene rings is 1. The lowest BCUT2D eigenvalue weighted by Gasteiger charge is -2.14. The minimum absolute atomic E-state index is 0.126. The van der Waals surface area contributed by atoms with Gasteiger partial charge >= 0.3 is 0 Å². The summed E-state index contributed by atoms with van der Waals surface area (Å²) in [5.74, 6) is 0. The highest BCUT2D eigenvalue weighted by molar-refractivity contribution is 7.15. The molecule has 2 heterocycles. The van der Waals surface area contributed by atoms with Crippen molar-refractivity contribution in [2.24, 2.45) is 4.99 Å². The van der Waals surface area contributed by atoms with Gasteiger partial charge < -0.3 is 5.32 Å². The van der Waals surface area contributed by atoms with Crippen LogP contribution in [-0.2, 0) is 0 Å². The van der Waals surface area contributed by atoms with Crippen molar-refractivity contribution in [3.05, 3.63) is 58.6 Å². The van der Waals surface area contributed by atoms with E-state index in [1.807, 2.05) is 17.5 Å². The van der Waals surface area contributed by atoms with E-state index in [4.69, 9.17) is 0 Å². The number of aryl methyl sites for hydroxylation is 1. The normalized spacial score (nSPS) is 17.5. The van der Waals surface area contributed by atoms with Gasteiger partial charge in [-0.05, 0) is 31.1 Å². The summed E-state index contributed by atoms with van der Waals surface area (Å²) < 4.78 is 0. The molecule has 1 aromatic heterocycles. The fourth-order valence-corrected chi connectivity index (χ4v) is 3.55. The van der Waals surface area contributed by atoms with E-state index in [1.54, 1.807) is 6.34 Å². The summed E-state index contributed by atoms with van der Waals surface area (Å²) in [6, 6.07) is 10.7. The third kappa shape index (κ3) is 2.22. The lowest BCUT2D eigenvalue weighted by atomic mass is 9.98. The summed E-state index contributed by atoms with van der Waals surface area (Å²) in [5.41, 5.74) is 3.97. The molecule has 1 atom stereocenters. The molecular weight excluding hydrogens is 252 g/mol. The summed E-state index contributed by atoms with van der Waals surface area (Å²) in [7, 11) is 0. The molecule has 3 heteroatoms. The maximum absolute atomic E-state index is 4.54. The van der Waals surface area contributed by atoms with Crippen molar-refractivity contribution in [2.45, 2.75) is 19.9 Å². The van der Waals surface area contributed by atoms with Crippen molar-refractivity contribution in [2.75, 3.05) is 0 Å². The van der Waals surface area contributed by atoms with Crippen LogP contribution in [0.3, 0.4) is 0 Å². The average molecular weight is 268 g/mol. The number of hydrogen-bond acceptors (Lipinski definition) is 3. The van der Waals surface area contributed by atoms with Gasteiger partial charge in [0.15, 0.2) is 0 Å². The summed E-state index contributed by atoms with van der Waals surface area (Å²) in [5, 5.41) is 3.00. The Morgan fingerprint density at radius 2 is 1.95 bits per heavy atom. The van der Waals surface area contributed by atoms with E-state index >= 15 is 0 Å². The molecule has 2 nitrogen and oxygen atoms in total. The SMILES string of the molecule is Cc1sc(-c2ccccc2)c(C2C=CNC=N2)c1C. The van der Waals surface area contributed by atoms with E-state index in [9.17, 15) is 0 Å². The first-order chi connectivity index (χ1) is 9.27. The zero-order valence-corrected chi connectivity index (χ0v) is 11.9. The molecule has 2 aromatic rings. The van der Waals surface area contributed by atoms with Gasteiger partial charge in [-0.15, -0.1) is 11.3 Å². The molecule has 1 aliphatic heterocycles. The first kappa shape index (κ1) is 12.2. The zero-order valence-electron chi connectivity index (χ0n) is 11.1. The standard InChI is InChI=1S/C16H16N2S/c1-11-12(2)19-16(13-6-4-3-5-7-13)15(11)14-8-9-17-10-18-14/h3-10,14H,1-2H3,(H,17,18). The fraction of sp³-hybridized carbons (Fsp3) is 0.188. The van der Waals surface area contributed by atoms with Crippen LogP contribution in [0.25, 0.3) is 10.4 Å². The Morgan fingerprint density at radius 1 is 1.16 bits per heavy atom. The van der Waals surface area contributed by atoms with Crippen LogP contribution >= 0.6 is 11.3 Å². The average Bonchev–Trinajstić information content (AvgIpc) is 2.77. The highest BCUT2D eigenvalue weighted by Gasteiger charge is 2.20. The molecule has 1 aliphatic rings. The highest BCUT2D eigenvalue weighted by Crippen LogP contribution is 2.41. The molecule has 0 spiro atoms. The molecule has 0 saturated carbocycles. The van der Waals surface area contributed by atoms with Crippen molar-refractivity contribution < 1.29 is 0 Å². The lowest BCUT2D eigenvalue weighted by Crippen LogP contribution is -2.09. The van der Waals surface area contributed by atoms with Gasteiger partial charge in [0.25, 0.3) is 0 Å². The Morgan fingerprint density at radius 3 is 2.63 bits per heavy atom. The summed E-state index contributed by atoms with van der Waals surface area (Å²) in [4.78, 5) is 7.25. The molecule has 0 radical (unpaired) electrons. The van der Waals surface area contributed by atoms with Crippen molar-refractivity contribution in [1.29, 1.82) is 0 Å². The molecule has 0 amide bonds. The maximum Gasteiger partial charge on any atom is 0.0981 e. The molecule has 0 fully saturated rings. The Balaban J connectivity index is 2.15. The lowest BCUT2D eigenvalue weighted by molar-refractivity contribution is 0.881. The number of rotatable bonds is 2. The second kappa shape index (κ2) is 5.02. The number of aliphatic imine (C=N–C) groups is 1. The third-order valence-electron chi connectivity index (χ3n) is 3.45. The van der Waals surface area contributed by atoms with Gasteiger partial charge in [0.2, 0.25) is 0 Å². The zero-order chi connectivity index (χ0) is 13.2. The minimum atomic E-state index is 0.126. The Hall–Kier alpha value is -1.87. The first-order valence-corrected chi connectivity index (χ1v) is 7.18. The number of hydrogen-bond donors (Lipinski definition) is 1. The van der Waals surface area contributed by atoms with Gasteiger partial charge in [0.05, 0.1) is 12.4 Å². The Kier molecular flexibility index (Phi) is 3.22. The quantitative estimate of drug-likeness (QED) is 0.866. The largest absolute Gasteiger partial charge is 0.353 e. The summed E-state index contributed by atoms with van der Waals surface area (Å²) in [6.45, 7) is 4.38. The number of nitrogens with one attached hydrogen (secondary N) is 1. The molecule has 0 aliphatic carbocycles. The van der Waals surface area contributed by atoms with Gasteiger partial charge in [0.1, 0.15) is 0 Å². The van der Waals surface area contributed by atoms with E-state index in [0.29, 0.717) is 0 Å². The first-order valence-electron chi connectivity index (χ1n) is 6.37. The topological polar surface area (TPSA) is 24.4 Å². The van der Waals surface area contributed by atoms with Crippen LogP contribution in [0.1, 0.15) is 22.0 Å². The van der Waals surface area contributed by atoms with Crippen molar-refractivity contribution >= 4 is 17.7 Å². The van der Waals surface area contributed by atoms with E-state index in [2.05, 4.69) is 60.6 Å². The molecule has 19 heavy (non-hydrogen) atoms. The summed E-state index contributed by atoms with van der Waals surface area (Å²) >= 11 is 1.86. The van der Waals surface area contributed by atoms with Gasteiger partial charge in [-0.1, -0.05) is 30.3 Å². The molecule has 96 valence electrons. The predicted octanol–water partition coefficient (Wildman–Crippen LogP) is 4.22. The smallest absolute Gasteiger partial charge is 0.0981 e. The van der Waals surface area contributed by atoms with E-state index in [1.165, 1.54) is 26.4 Å². The van der Waals surface area contributed by atoms with Gasteiger partial charge in [0, 0.05) is 21.5 Å². The molecule has 0 bridgehead atoms. The molecule has 3 rings (SSSR count).